The summed E-state index contributed by atoms with van der Waals surface area (Å²) in [4.78, 5) is 31.3. The van der Waals surface area contributed by atoms with E-state index >= 15 is 0 Å². The Morgan fingerprint density at radius 1 is 1.39 bits per heavy atom. The maximum absolute atomic E-state index is 12.5. The van der Waals surface area contributed by atoms with E-state index in [-0.39, 0.29) is 18.4 Å². The minimum absolute atomic E-state index is 0.0105. The van der Waals surface area contributed by atoms with Gasteiger partial charge in [0, 0.05) is 17.5 Å². The highest BCUT2D eigenvalue weighted by atomic mass is 16.5. The summed E-state index contributed by atoms with van der Waals surface area (Å²) in [6, 6.07) is 4.94. The molecular weight excluding hydrogens is 296 g/mol. The quantitative estimate of drug-likeness (QED) is 0.803. The highest BCUT2D eigenvalue weighted by molar-refractivity contribution is 6.00. The van der Waals surface area contributed by atoms with Gasteiger partial charge in [0.1, 0.15) is 11.6 Å². The standard InChI is InChI=1S/C16H18N4O3/c1-9-7-17-15(18-9)16(2,3)20-14(22)10-4-5-12-11(6-10)19-13(21)8-23-12/h4-7H,8H2,1-3H3,(H,17,18)(H,19,21)(H,20,22). The van der Waals surface area contributed by atoms with Gasteiger partial charge < -0.3 is 20.4 Å². The Labute approximate surface area is 133 Å². The summed E-state index contributed by atoms with van der Waals surface area (Å²) in [7, 11) is 0. The number of anilines is 1. The van der Waals surface area contributed by atoms with E-state index in [1.165, 1.54) is 0 Å². The number of fused-ring (bicyclic) bond motifs is 1. The average Bonchev–Trinajstić information content (AvgIpc) is 2.93. The van der Waals surface area contributed by atoms with Crippen LogP contribution in [0, 0.1) is 6.92 Å². The molecule has 2 heterocycles. The number of amides is 2. The van der Waals surface area contributed by atoms with Gasteiger partial charge in [-0.15, -0.1) is 0 Å². The normalized spacial score (nSPS) is 13.8. The van der Waals surface area contributed by atoms with Crippen LogP contribution in [0.25, 0.3) is 0 Å². The van der Waals surface area contributed by atoms with Crippen LogP contribution in [0.1, 0.15) is 35.7 Å². The number of aromatic nitrogens is 2. The van der Waals surface area contributed by atoms with E-state index in [1.807, 2.05) is 20.8 Å². The van der Waals surface area contributed by atoms with E-state index in [1.54, 1.807) is 24.4 Å². The highest BCUT2D eigenvalue weighted by Gasteiger charge is 2.27. The summed E-state index contributed by atoms with van der Waals surface area (Å²) in [5.41, 5.74) is 1.21. The first-order valence-electron chi connectivity index (χ1n) is 7.26. The van der Waals surface area contributed by atoms with E-state index in [9.17, 15) is 9.59 Å². The van der Waals surface area contributed by atoms with Gasteiger partial charge in [-0.25, -0.2) is 4.98 Å². The first-order chi connectivity index (χ1) is 10.8. The monoisotopic (exact) mass is 314 g/mol. The fourth-order valence-corrected chi connectivity index (χ4v) is 2.37. The highest BCUT2D eigenvalue weighted by Crippen LogP contribution is 2.28. The van der Waals surface area contributed by atoms with Gasteiger partial charge in [0.15, 0.2) is 6.61 Å². The van der Waals surface area contributed by atoms with Crippen molar-refractivity contribution < 1.29 is 14.3 Å². The molecule has 1 aliphatic heterocycles. The van der Waals surface area contributed by atoms with Crippen molar-refractivity contribution >= 4 is 17.5 Å². The Kier molecular flexibility index (Phi) is 3.55. The number of nitrogens with one attached hydrogen (secondary N) is 3. The molecule has 0 fully saturated rings. The predicted octanol–water partition coefficient (Wildman–Crippen LogP) is 1.71. The van der Waals surface area contributed by atoms with E-state index in [0.29, 0.717) is 22.8 Å². The minimum Gasteiger partial charge on any atom is -0.482 e. The lowest BCUT2D eigenvalue weighted by Crippen LogP contribution is -2.42. The Hall–Kier alpha value is -2.83. The Morgan fingerprint density at radius 3 is 2.87 bits per heavy atom. The second kappa shape index (κ2) is 5.42. The summed E-state index contributed by atoms with van der Waals surface area (Å²) in [6.07, 6.45) is 1.72. The molecule has 0 bridgehead atoms. The van der Waals surface area contributed by atoms with Crippen molar-refractivity contribution in [2.24, 2.45) is 0 Å². The molecule has 0 radical (unpaired) electrons. The molecule has 0 spiro atoms. The molecule has 0 aliphatic carbocycles. The van der Waals surface area contributed by atoms with Crippen LogP contribution >= 0.6 is 0 Å². The van der Waals surface area contributed by atoms with Gasteiger partial charge in [-0.3, -0.25) is 9.59 Å². The van der Waals surface area contributed by atoms with Crippen LogP contribution in [0.15, 0.2) is 24.4 Å². The average molecular weight is 314 g/mol. The topological polar surface area (TPSA) is 96.1 Å². The van der Waals surface area contributed by atoms with Crippen LogP contribution < -0.4 is 15.4 Å². The summed E-state index contributed by atoms with van der Waals surface area (Å²) in [6.45, 7) is 5.63. The van der Waals surface area contributed by atoms with Gasteiger partial charge in [0.05, 0.1) is 11.2 Å². The maximum atomic E-state index is 12.5. The molecule has 120 valence electrons. The number of carbonyl (C=O) groups excluding carboxylic acids is 2. The summed E-state index contributed by atoms with van der Waals surface area (Å²) in [5, 5.41) is 5.62. The molecule has 3 N–H and O–H groups in total. The molecule has 1 aromatic carbocycles. The van der Waals surface area contributed by atoms with E-state index in [2.05, 4.69) is 20.6 Å². The molecule has 1 aromatic heterocycles. The second-order valence-electron chi connectivity index (χ2n) is 6.04. The van der Waals surface area contributed by atoms with Gasteiger partial charge in [0.2, 0.25) is 0 Å². The number of aryl methyl sites for hydroxylation is 1. The molecule has 1 aliphatic rings. The van der Waals surface area contributed by atoms with Crippen LogP contribution in [-0.4, -0.2) is 28.4 Å². The Bertz CT molecular complexity index is 779. The minimum atomic E-state index is -0.652. The lowest BCUT2D eigenvalue weighted by atomic mass is 10.0. The van der Waals surface area contributed by atoms with E-state index in [0.717, 1.165) is 5.69 Å². The smallest absolute Gasteiger partial charge is 0.262 e. The Balaban J connectivity index is 1.81. The third-order valence-electron chi connectivity index (χ3n) is 3.60. The fraction of sp³-hybridized carbons (Fsp3) is 0.312. The van der Waals surface area contributed by atoms with Gasteiger partial charge >= 0.3 is 0 Å². The van der Waals surface area contributed by atoms with Gasteiger partial charge in [0.25, 0.3) is 11.8 Å². The van der Waals surface area contributed by atoms with Crippen molar-refractivity contribution in [2.75, 3.05) is 11.9 Å². The molecule has 0 unspecified atom stereocenters. The third kappa shape index (κ3) is 3.03. The van der Waals surface area contributed by atoms with Crippen molar-refractivity contribution in [1.82, 2.24) is 15.3 Å². The van der Waals surface area contributed by atoms with Crippen LogP contribution in [0.5, 0.6) is 5.75 Å². The lowest BCUT2D eigenvalue weighted by molar-refractivity contribution is -0.118. The molecule has 2 aromatic rings. The number of hydrogen-bond donors (Lipinski definition) is 3. The number of aromatic amines is 1. The number of H-pyrrole nitrogens is 1. The number of ether oxygens (including phenoxy) is 1. The summed E-state index contributed by atoms with van der Waals surface area (Å²) in [5.74, 6) is 0.744. The predicted molar refractivity (Wildman–Crippen MR) is 84.4 cm³/mol. The molecule has 0 atom stereocenters. The molecule has 23 heavy (non-hydrogen) atoms. The van der Waals surface area contributed by atoms with Crippen molar-refractivity contribution in [2.45, 2.75) is 26.3 Å². The maximum Gasteiger partial charge on any atom is 0.262 e. The number of rotatable bonds is 3. The zero-order valence-electron chi connectivity index (χ0n) is 13.2. The molecule has 2 amide bonds. The van der Waals surface area contributed by atoms with Crippen molar-refractivity contribution in [3.8, 4) is 5.75 Å². The van der Waals surface area contributed by atoms with Crippen molar-refractivity contribution in [3.05, 3.63) is 41.5 Å². The van der Waals surface area contributed by atoms with Crippen LogP contribution in [0.4, 0.5) is 5.69 Å². The van der Waals surface area contributed by atoms with Gasteiger partial charge in [-0.05, 0) is 39.0 Å². The van der Waals surface area contributed by atoms with Crippen LogP contribution in [0.2, 0.25) is 0 Å². The zero-order valence-corrected chi connectivity index (χ0v) is 13.2. The second-order valence-corrected chi connectivity index (χ2v) is 6.04. The van der Waals surface area contributed by atoms with Crippen LogP contribution in [-0.2, 0) is 10.3 Å². The van der Waals surface area contributed by atoms with Gasteiger partial charge in [-0.1, -0.05) is 0 Å². The van der Waals surface area contributed by atoms with Gasteiger partial charge in [-0.2, -0.15) is 0 Å². The molecular formula is C16H18N4O3. The van der Waals surface area contributed by atoms with E-state index in [4.69, 9.17) is 4.74 Å². The number of nitrogens with zero attached hydrogens (tertiary/aromatic N) is 1. The number of hydrogen-bond acceptors (Lipinski definition) is 4. The largest absolute Gasteiger partial charge is 0.482 e. The van der Waals surface area contributed by atoms with Crippen LogP contribution in [0.3, 0.4) is 0 Å². The molecule has 7 nitrogen and oxygen atoms in total. The molecule has 7 heteroatoms. The first kappa shape index (κ1) is 15.1. The summed E-state index contributed by atoms with van der Waals surface area (Å²) < 4.78 is 5.28. The van der Waals surface area contributed by atoms with E-state index < -0.39 is 5.54 Å². The number of imidazole rings is 1. The molecule has 3 rings (SSSR count). The summed E-state index contributed by atoms with van der Waals surface area (Å²) >= 11 is 0. The fourth-order valence-electron chi connectivity index (χ4n) is 2.37. The SMILES string of the molecule is Cc1cnc(C(C)(C)NC(=O)c2ccc3c(c2)NC(=O)CO3)[nH]1. The number of carbonyl (C=O) groups is 2. The molecule has 0 saturated carbocycles. The Morgan fingerprint density at radius 2 is 2.17 bits per heavy atom. The number of benzene rings is 1. The van der Waals surface area contributed by atoms with Crippen molar-refractivity contribution in [3.63, 3.8) is 0 Å². The first-order valence-corrected chi connectivity index (χ1v) is 7.26. The lowest BCUT2D eigenvalue weighted by Gasteiger charge is -2.24. The molecule has 0 saturated heterocycles. The van der Waals surface area contributed by atoms with Crippen molar-refractivity contribution in [1.29, 1.82) is 0 Å². The zero-order chi connectivity index (χ0) is 16.6. The third-order valence-corrected chi connectivity index (χ3v) is 3.60.